The summed E-state index contributed by atoms with van der Waals surface area (Å²) in [4.78, 5) is 14.5. The first-order valence-corrected chi connectivity index (χ1v) is 7.25. The fraction of sp³-hybridized carbons (Fsp3) is 0.471. The highest BCUT2D eigenvalue weighted by atomic mass is 16.5. The van der Waals surface area contributed by atoms with E-state index in [1.54, 1.807) is 6.07 Å². The number of hydrogen-bond donors (Lipinski definition) is 1. The van der Waals surface area contributed by atoms with Crippen LogP contribution < -0.4 is 0 Å². The molecule has 1 aromatic carbocycles. The van der Waals surface area contributed by atoms with Gasteiger partial charge in [-0.3, -0.25) is 4.79 Å². The first-order chi connectivity index (χ1) is 10.1. The smallest absolute Gasteiger partial charge is 0.255 e. The van der Waals surface area contributed by atoms with E-state index in [0.29, 0.717) is 30.6 Å². The van der Waals surface area contributed by atoms with Gasteiger partial charge < -0.3 is 14.7 Å². The number of nitrogens with zero attached hydrogens (tertiary/aromatic N) is 1. The van der Waals surface area contributed by atoms with Gasteiger partial charge in [-0.1, -0.05) is 24.0 Å². The molecule has 1 saturated heterocycles. The largest absolute Gasteiger partial charge is 0.395 e. The normalized spacial score (nSPS) is 21.6. The Hall–Kier alpha value is -1.83. The van der Waals surface area contributed by atoms with Crippen molar-refractivity contribution in [1.29, 1.82) is 0 Å². The summed E-state index contributed by atoms with van der Waals surface area (Å²) in [6.45, 7) is 5.18. The topological polar surface area (TPSA) is 49.8 Å². The molecular formula is C17H21NO3. The molecular weight excluding hydrogens is 266 g/mol. The van der Waals surface area contributed by atoms with Crippen LogP contribution in [0.5, 0.6) is 0 Å². The van der Waals surface area contributed by atoms with Crippen LogP contribution in [0, 0.1) is 11.8 Å². The van der Waals surface area contributed by atoms with Crippen LogP contribution in [-0.2, 0) is 4.74 Å². The predicted molar refractivity (Wildman–Crippen MR) is 80.9 cm³/mol. The number of rotatable bonds is 2. The summed E-state index contributed by atoms with van der Waals surface area (Å²) in [6, 6.07) is 7.35. The van der Waals surface area contributed by atoms with Crippen molar-refractivity contribution in [2.24, 2.45) is 0 Å². The zero-order valence-electron chi connectivity index (χ0n) is 12.5. The second-order valence-corrected chi connectivity index (χ2v) is 5.29. The minimum atomic E-state index is -0.00843. The Morgan fingerprint density at radius 2 is 2.00 bits per heavy atom. The predicted octanol–water partition coefficient (Wildman–Crippen LogP) is 1.67. The maximum absolute atomic E-state index is 12.7. The lowest BCUT2D eigenvalue weighted by atomic mass is 10.1. The van der Waals surface area contributed by atoms with E-state index in [9.17, 15) is 4.79 Å². The molecule has 112 valence electrons. The van der Waals surface area contributed by atoms with Crippen LogP contribution in [0.3, 0.4) is 0 Å². The molecule has 2 atom stereocenters. The van der Waals surface area contributed by atoms with Crippen LogP contribution >= 0.6 is 0 Å². The van der Waals surface area contributed by atoms with Crippen LogP contribution in [0.2, 0.25) is 0 Å². The number of carbonyl (C=O) groups excluding carboxylic acids is 1. The Bertz CT molecular complexity index is 549. The maximum Gasteiger partial charge on any atom is 0.255 e. The van der Waals surface area contributed by atoms with E-state index >= 15 is 0 Å². The van der Waals surface area contributed by atoms with Gasteiger partial charge in [0.15, 0.2) is 0 Å². The quantitative estimate of drug-likeness (QED) is 0.842. The average Bonchev–Trinajstić information content (AvgIpc) is 2.46. The number of benzene rings is 1. The highest BCUT2D eigenvalue weighted by Crippen LogP contribution is 2.16. The summed E-state index contributed by atoms with van der Waals surface area (Å²) in [7, 11) is 0. The Labute approximate surface area is 125 Å². The summed E-state index contributed by atoms with van der Waals surface area (Å²) in [5.74, 6) is 5.83. The molecule has 1 N–H and O–H groups in total. The monoisotopic (exact) mass is 287 g/mol. The second kappa shape index (κ2) is 7.26. The van der Waals surface area contributed by atoms with Crippen LogP contribution in [0.4, 0.5) is 0 Å². The Balaban J connectivity index is 2.21. The van der Waals surface area contributed by atoms with Gasteiger partial charge in [-0.05, 0) is 26.0 Å². The van der Waals surface area contributed by atoms with Gasteiger partial charge >= 0.3 is 0 Å². The van der Waals surface area contributed by atoms with Crippen molar-refractivity contribution in [3.05, 3.63) is 35.4 Å². The number of morpholine rings is 1. The Kier molecular flexibility index (Phi) is 5.38. The third-order valence-electron chi connectivity index (χ3n) is 3.32. The molecule has 0 aromatic heterocycles. The summed E-state index contributed by atoms with van der Waals surface area (Å²) >= 11 is 0. The third kappa shape index (κ3) is 4.07. The van der Waals surface area contributed by atoms with Gasteiger partial charge in [0.25, 0.3) is 5.91 Å². The van der Waals surface area contributed by atoms with Crippen molar-refractivity contribution < 1.29 is 14.6 Å². The zero-order chi connectivity index (χ0) is 15.2. The fourth-order valence-electron chi connectivity index (χ4n) is 2.51. The summed E-state index contributed by atoms with van der Waals surface area (Å²) < 4.78 is 5.66. The van der Waals surface area contributed by atoms with Gasteiger partial charge in [0.05, 0.1) is 24.4 Å². The lowest BCUT2D eigenvalue weighted by Crippen LogP contribution is -2.48. The van der Waals surface area contributed by atoms with Gasteiger partial charge in [0, 0.05) is 25.1 Å². The van der Waals surface area contributed by atoms with Crippen LogP contribution in [0.15, 0.2) is 24.3 Å². The highest BCUT2D eigenvalue weighted by molar-refractivity contribution is 5.96. The molecule has 0 spiro atoms. The van der Waals surface area contributed by atoms with Crippen molar-refractivity contribution in [3.63, 3.8) is 0 Å². The molecule has 2 rings (SSSR count). The van der Waals surface area contributed by atoms with Crippen LogP contribution in [0.25, 0.3) is 0 Å². The molecule has 1 aromatic rings. The molecule has 4 nitrogen and oxygen atoms in total. The molecule has 0 saturated carbocycles. The van der Waals surface area contributed by atoms with Crippen LogP contribution in [0.1, 0.15) is 36.2 Å². The SMILES string of the molecule is C[C@@H]1CN(C(=O)c2ccccc2C#CCCO)C[C@H](C)O1. The molecule has 0 aliphatic carbocycles. The number of carbonyl (C=O) groups is 1. The van der Waals surface area contributed by atoms with Crippen molar-refractivity contribution in [3.8, 4) is 11.8 Å². The molecule has 1 aliphatic heterocycles. The highest BCUT2D eigenvalue weighted by Gasteiger charge is 2.27. The lowest BCUT2D eigenvalue weighted by molar-refractivity contribution is -0.0586. The molecule has 21 heavy (non-hydrogen) atoms. The summed E-state index contributed by atoms with van der Waals surface area (Å²) in [5, 5.41) is 8.79. The van der Waals surface area contributed by atoms with Crippen molar-refractivity contribution in [1.82, 2.24) is 4.90 Å². The van der Waals surface area contributed by atoms with Gasteiger partial charge in [0.1, 0.15) is 0 Å². The van der Waals surface area contributed by atoms with E-state index in [-0.39, 0.29) is 24.7 Å². The Morgan fingerprint density at radius 3 is 2.67 bits per heavy atom. The first-order valence-electron chi connectivity index (χ1n) is 7.25. The van der Waals surface area contributed by atoms with E-state index in [4.69, 9.17) is 9.84 Å². The second-order valence-electron chi connectivity index (χ2n) is 5.29. The van der Waals surface area contributed by atoms with E-state index in [0.717, 1.165) is 0 Å². The molecule has 0 bridgehead atoms. The minimum absolute atomic E-state index is 0.00843. The molecule has 0 radical (unpaired) electrons. The van der Waals surface area contributed by atoms with Gasteiger partial charge in [-0.15, -0.1) is 0 Å². The number of aliphatic hydroxyl groups excluding tert-OH is 1. The number of ether oxygens (including phenoxy) is 1. The van der Waals surface area contributed by atoms with E-state index in [1.165, 1.54) is 0 Å². The standard InChI is InChI=1S/C17H21NO3/c1-13-11-18(12-14(2)21-13)17(20)16-9-4-3-7-15(16)8-5-6-10-19/h3-4,7,9,13-14,19H,6,10-12H2,1-2H3/t13-,14+. The van der Waals surface area contributed by atoms with Gasteiger partial charge in [0.2, 0.25) is 0 Å². The van der Waals surface area contributed by atoms with E-state index in [1.807, 2.05) is 36.9 Å². The van der Waals surface area contributed by atoms with Crippen molar-refractivity contribution in [2.45, 2.75) is 32.5 Å². The average molecular weight is 287 g/mol. The molecule has 4 heteroatoms. The van der Waals surface area contributed by atoms with Gasteiger partial charge in [-0.2, -0.15) is 0 Å². The number of aliphatic hydroxyl groups is 1. The number of amides is 1. The first kappa shape index (κ1) is 15.6. The minimum Gasteiger partial charge on any atom is -0.395 e. The lowest BCUT2D eigenvalue weighted by Gasteiger charge is -2.35. The molecule has 1 aliphatic rings. The molecule has 0 unspecified atom stereocenters. The molecule has 1 fully saturated rings. The summed E-state index contributed by atoms with van der Waals surface area (Å²) in [5.41, 5.74) is 1.33. The number of hydrogen-bond acceptors (Lipinski definition) is 3. The summed E-state index contributed by atoms with van der Waals surface area (Å²) in [6.07, 6.45) is 0.504. The zero-order valence-corrected chi connectivity index (χ0v) is 12.5. The third-order valence-corrected chi connectivity index (χ3v) is 3.32. The fourth-order valence-corrected chi connectivity index (χ4v) is 2.51. The van der Waals surface area contributed by atoms with E-state index in [2.05, 4.69) is 11.8 Å². The maximum atomic E-state index is 12.7. The van der Waals surface area contributed by atoms with Gasteiger partial charge in [-0.25, -0.2) is 0 Å². The Morgan fingerprint density at radius 1 is 1.33 bits per heavy atom. The van der Waals surface area contributed by atoms with E-state index < -0.39 is 0 Å². The van der Waals surface area contributed by atoms with Crippen LogP contribution in [-0.4, -0.2) is 47.8 Å². The van der Waals surface area contributed by atoms with Crippen molar-refractivity contribution >= 4 is 5.91 Å². The molecule has 1 amide bonds. The van der Waals surface area contributed by atoms with Crippen molar-refractivity contribution in [2.75, 3.05) is 19.7 Å². The molecule has 1 heterocycles.